The highest BCUT2D eigenvalue weighted by atomic mass is 32.2. The SMILES string of the molecule is CCC(C)c1cnn2c(N[C@@H](C)c3ccccc3OC)nc(S(C)(=O)=O)nc12.COc1cccc([C@H](C)Nc2nc(S(C)(=O)=O)nc3c(C(C)C)cnn23)c1. The molecule has 3 atom stereocenters. The number of hydrogen-bond donors (Lipinski definition) is 2. The fourth-order valence-electron chi connectivity index (χ4n) is 5.73. The van der Waals surface area contributed by atoms with E-state index >= 15 is 0 Å². The number of nitrogens with one attached hydrogen (secondary N) is 2. The van der Waals surface area contributed by atoms with Crippen molar-refractivity contribution in [1.29, 1.82) is 0 Å². The summed E-state index contributed by atoms with van der Waals surface area (Å²) in [6.07, 6.45) is 6.51. The van der Waals surface area contributed by atoms with E-state index < -0.39 is 19.7 Å². The smallest absolute Gasteiger partial charge is 0.252 e. The predicted octanol–water partition coefficient (Wildman–Crippen LogP) is 6.06. The normalized spacial score (nSPS) is 13.6. The Morgan fingerprint density at radius 2 is 1.22 bits per heavy atom. The number of rotatable bonds is 13. The molecule has 4 aromatic heterocycles. The summed E-state index contributed by atoms with van der Waals surface area (Å²) in [5, 5.41) is 14.8. The molecule has 6 aromatic rings. The topological polar surface area (TPSA) is 197 Å². The Hall–Kier alpha value is -5.36. The second-order valence-corrected chi connectivity index (χ2v) is 17.4. The zero-order valence-electron chi connectivity index (χ0n) is 32.6. The quantitative estimate of drug-likeness (QED) is 0.137. The summed E-state index contributed by atoms with van der Waals surface area (Å²) in [6, 6.07) is 14.9. The van der Waals surface area contributed by atoms with Crippen molar-refractivity contribution in [2.45, 2.75) is 82.2 Å². The zero-order valence-corrected chi connectivity index (χ0v) is 34.3. The molecule has 0 fully saturated rings. The molecule has 16 nitrogen and oxygen atoms in total. The molecule has 0 radical (unpaired) electrons. The Balaban J connectivity index is 0.000000211. The fraction of sp³-hybridized carbons (Fsp3) is 0.405. The number of methoxy groups -OCH3 is 2. The lowest BCUT2D eigenvalue weighted by molar-refractivity contribution is 0.408. The van der Waals surface area contributed by atoms with Gasteiger partial charge in [0.2, 0.25) is 31.6 Å². The maximum absolute atomic E-state index is 12.2. The lowest BCUT2D eigenvalue weighted by Crippen LogP contribution is -2.16. The molecule has 55 heavy (non-hydrogen) atoms. The van der Waals surface area contributed by atoms with Crippen molar-refractivity contribution in [1.82, 2.24) is 39.2 Å². The molecule has 18 heteroatoms. The van der Waals surface area contributed by atoms with Crippen molar-refractivity contribution in [3.8, 4) is 11.5 Å². The van der Waals surface area contributed by atoms with E-state index in [4.69, 9.17) is 9.47 Å². The molecule has 4 heterocycles. The van der Waals surface area contributed by atoms with Gasteiger partial charge < -0.3 is 20.1 Å². The summed E-state index contributed by atoms with van der Waals surface area (Å²) in [5.41, 5.74) is 4.63. The standard InChI is InChI=1S/C19H25N5O3S.C18H23N5O3S/c1-6-12(2)15-11-20-24-17(15)22-19(28(5,25)26)23-18(24)21-13(3)14-9-7-8-10-16(14)27-4;1-11(2)15-10-19-23-16(15)21-18(27(5,24)25)22-17(23)20-12(3)13-7-6-8-14(9-13)26-4/h7-13H,6H2,1-5H3,(H,21,22,23);6-12H,1-5H3,(H,20,21,22)/t12?,13-;12-/m00/s1. The highest BCUT2D eigenvalue weighted by Crippen LogP contribution is 2.30. The molecule has 0 aliphatic heterocycles. The number of para-hydroxylation sites is 1. The van der Waals surface area contributed by atoms with E-state index in [1.54, 1.807) is 35.6 Å². The van der Waals surface area contributed by atoms with Crippen LogP contribution in [0, 0.1) is 0 Å². The van der Waals surface area contributed by atoms with E-state index in [-0.39, 0.29) is 34.2 Å². The molecular weight excluding hydrogens is 745 g/mol. The summed E-state index contributed by atoms with van der Waals surface area (Å²) in [7, 11) is -3.93. The molecule has 0 aliphatic rings. The molecule has 0 saturated heterocycles. The van der Waals surface area contributed by atoms with Gasteiger partial charge in [0.25, 0.3) is 10.3 Å². The second kappa shape index (κ2) is 16.6. The van der Waals surface area contributed by atoms with Crippen LogP contribution in [-0.4, -0.2) is 82.7 Å². The number of sulfone groups is 2. The van der Waals surface area contributed by atoms with Crippen LogP contribution in [0.5, 0.6) is 11.5 Å². The monoisotopic (exact) mass is 792 g/mol. The molecule has 1 unspecified atom stereocenters. The average molecular weight is 793 g/mol. The summed E-state index contributed by atoms with van der Waals surface area (Å²) in [4.78, 5) is 17.0. The Kier molecular flexibility index (Phi) is 12.3. The number of hydrogen-bond acceptors (Lipinski definition) is 14. The van der Waals surface area contributed by atoms with Gasteiger partial charge in [-0.2, -0.15) is 39.2 Å². The maximum Gasteiger partial charge on any atom is 0.252 e. The summed E-state index contributed by atoms with van der Waals surface area (Å²) < 4.78 is 62.3. The van der Waals surface area contributed by atoms with Gasteiger partial charge in [0.05, 0.1) is 38.7 Å². The van der Waals surface area contributed by atoms with Gasteiger partial charge in [-0.3, -0.25) is 0 Å². The molecule has 2 aromatic carbocycles. The van der Waals surface area contributed by atoms with E-state index in [0.717, 1.165) is 52.7 Å². The Labute approximate surface area is 321 Å². The van der Waals surface area contributed by atoms with Crippen molar-refractivity contribution >= 4 is 42.9 Å². The number of fused-ring (bicyclic) bond motifs is 2. The van der Waals surface area contributed by atoms with Gasteiger partial charge in [-0.1, -0.05) is 58.0 Å². The van der Waals surface area contributed by atoms with E-state index in [1.165, 1.54) is 0 Å². The minimum absolute atomic E-state index is 0.147. The third kappa shape index (κ3) is 9.13. The second-order valence-electron chi connectivity index (χ2n) is 13.6. The molecule has 0 spiro atoms. The van der Waals surface area contributed by atoms with Crippen molar-refractivity contribution < 1.29 is 26.3 Å². The molecule has 0 bridgehead atoms. The molecule has 294 valence electrons. The third-order valence-corrected chi connectivity index (χ3v) is 10.8. The van der Waals surface area contributed by atoms with E-state index in [2.05, 4.69) is 54.6 Å². The highest BCUT2D eigenvalue weighted by molar-refractivity contribution is 7.90. The molecule has 6 rings (SSSR count). The molecule has 0 saturated carbocycles. The van der Waals surface area contributed by atoms with Crippen molar-refractivity contribution in [2.24, 2.45) is 0 Å². The van der Waals surface area contributed by atoms with Gasteiger partial charge in [0, 0.05) is 29.2 Å². The first-order valence-electron chi connectivity index (χ1n) is 17.7. The Morgan fingerprint density at radius 3 is 1.75 bits per heavy atom. The summed E-state index contributed by atoms with van der Waals surface area (Å²) in [6.45, 7) is 12.0. The number of benzene rings is 2. The largest absolute Gasteiger partial charge is 0.497 e. The Bertz CT molecular complexity index is 2520. The van der Waals surface area contributed by atoms with Crippen LogP contribution in [0.15, 0.2) is 71.2 Å². The minimum atomic E-state index is -3.59. The third-order valence-electron chi connectivity index (χ3n) is 9.07. The van der Waals surface area contributed by atoms with Crippen LogP contribution >= 0.6 is 0 Å². The highest BCUT2D eigenvalue weighted by Gasteiger charge is 2.23. The van der Waals surface area contributed by atoms with Gasteiger partial charge in [-0.25, -0.2) is 16.8 Å². The summed E-state index contributed by atoms with van der Waals surface area (Å²) >= 11 is 0. The van der Waals surface area contributed by atoms with Crippen LogP contribution in [0.25, 0.3) is 11.3 Å². The van der Waals surface area contributed by atoms with Gasteiger partial charge in [-0.05, 0) is 55.9 Å². The average Bonchev–Trinajstić information content (AvgIpc) is 3.79. The zero-order chi connectivity index (χ0) is 40.2. The van der Waals surface area contributed by atoms with Crippen LogP contribution in [0.3, 0.4) is 0 Å². The summed E-state index contributed by atoms with van der Waals surface area (Å²) in [5.74, 6) is 2.46. The van der Waals surface area contributed by atoms with Gasteiger partial charge in [-0.15, -0.1) is 0 Å². The van der Waals surface area contributed by atoms with Crippen LogP contribution in [0.2, 0.25) is 0 Å². The number of anilines is 2. The van der Waals surface area contributed by atoms with Crippen LogP contribution in [-0.2, 0) is 19.7 Å². The van der Waals surface area contributed by atoms with Crippen molar-refractivity contribution in [3.05, 3.63) is 83.2 Å². The minimum Gasteiger partial charge on any atom is -0.497 e. The predicted molar refractivity (Wildman–Crippen MR) is 211 cm³/mol. The first kappa shape index (κ1) is 40.8. The van der Waals surface area contributed by atoms with Crippen molar-refractivity contribution in [2.75, 3.05) is 37.4 Å². The van der Waals surface area contributed by atoms with E-state index in [0.29, 0.717) is 23.2 Å². The number of aromatic nitrogens is 8. The number of ether oxygens (including phenoxy) is 2. The first-order valence-corrected chi connectivity index (χ1v) is 21.5. The molecule has 2 N–H and O–H groups in total. The van der Waals surface area contributed by atoms with E-state index in [1.807, 2.05) is 76.2 Å². The first-order chi connectivity index (χ1) is 26.0. The lowest BCUT2D eigenvalue weighted by atomic mass is 10.0. The maximum atomic E-state index is 12.2. The van der Waals surface area contributed by atoms with Gasteiger partial charge in [0.1, 0.15) is 11.5 Å². The fourth-order valence-corrected chi connectivity index (χ4v) is 6.74. The van der Waals surface area contributed by atoms with Gasteiger partial charge >= 0.3 is 0 Å². The number of nitrogens with zero attached hydrogens (tertiary/aromatic N) is 8. The van der Waals surface area contributed by atoms with Crippen molar-refractivity contribution in [3.63, 3.8) is 0 Å². The molecular formula is C37H48N10O6S2. The van der Waals surface area contributed by atoms with Gasteiger partial charge in [0.15, 0.2) is 11.3 Å². The molecule has 0 aliphatic carbocycles. The van der Waals surface area contributed by atoms with Crippen LogP contribution < -0.4 is 20.1 Å². The lowest BCUT2D eigenvalue weighted by Gasteiger charge is -2.18. The van der Waals surface area contributed by atoms with Crippen LogP contribution in [0.1, 0.15) is 94.1 Å². The van der Waals surface area contributed by atoms with Crippen LogP contribution in [0.4, 0.5) is 11.9 Å². The van der Waals surface area contributed by atoms with E-state index in [9.17, 15) is 16.8 Å². The Morgan fingerprint density at radius 1 is 0.673 bits per heavy atom. The molecule has 0 amide bonds.